The fourth-order valence-electron chi connectivity index (χ4n) is 2.00. The lowest BCUT2D eigenvalue weighted by Crippen LogP contribution is -2.11. The minimum atomic E-state index is -0.422. The number of hydrogen-bond donors (Lipinski definition) is 2. The van der Waals surface area contributed by atoms with Crippen molar-refractivity contribution < 1.29 is 9.47 Å². The van der Waals surface area contributed by atoms with Gasteiger partial charge in [0.25, 0.3) is 11.3 Å². The highest BCUT2D eigenvalue weighted by molar-refractivity contribution is 5.38. The Bertz CT molecular complexity index is 838. The van der Waals surface area contributed by atoms with Crippen LogP contribution in [-0.2, 0) is 18.0 Å². The number of aromatic amines is 1. The molecule has 0 aliphatic heterocycles. The summed E-state index contributed by atoms with van der Waals surface area (Å²) in [4.78, 5) is 19.2. The van der Waals surface area contributed by atoms with E-state index < -0.39 is 5.56 Å². The molecule has 1 aromatic carbocycles. The van der Waals surface area contributed by atoms with Gasteiger partial charge in [0.2, 0.25) is 0 Å². The van der Waals surface area contributed by atoms with Crippen LogP contribution in [-0.4, -0.2) is 26.7 Å². The van der Waals surface area contributed by atoms with Crippen LogP contribution in [0.1, 0.15) is 11.4 Å². The van der Waals surface area contributed by atoms with E-state index in [1.807, 2.05) is 24.3 Å². The number of nitrogens with zero attached hydrogens (tertiary/aromatic N) is 3. The van der Waals surface area contributed by atoms with Crippen molar-refractivity contribution in [3.8, 4) is 5.75 Å². The topological polar surface area (TPSA) is 108 Å². The second-order valence-electron chi connectivity index (χ2n) is 4.67. The van der Waals surface area contributed by atoms with Crippen molar-refractivity contribution in [1.82, 2.24) is 19.6 Å². The zero-order valence-corrected chi connectivity index (χ0v) is 11.9. The van der Waals surface area contributed by atoms with Crippen LogP contribution in [0, 0.1) is 0 Å². The van der Waals surface area contributed by atoms with Gasteiger partial charge in [-0.3, -0.25) is 9.89 Å². The van der Waals surface area contributed by atoms with E-state index in [0.717, 1.165) is 11.3 Å². The summed E-state index contributed by atoms with van der Waals surface area (Å²) >= 11 is 0. The Balaban J connectivity index is 1.66. The molecular weight excluding hydrogens is 286 g/mol. The molecule has 0 aliphatic carbocycles. The van der Waals surface area contributed by atoms with E-state index in [0.29, 0.717) is 12.4 Å². The van der Waals surface area contributed by atoms with Crippen molar-refractivity contribution in [2.45, 2.75) is 13.2 Å². The molecule has 0 spiro atoms. The molecule has 114 valence electrons. The molecule has 8 nitrogen and oxygen atoms in total. The Morgan fingerprint density at radius 1 is 1.23 bits per heavy atom. The second-order valence-corrected chi connectivity index (χ2v) is 4.67. The molecule has 0 saturated heterocycles. The molecule has 0 radical (unpaired) electrons. The van der Waals surface area contributed by atoms with Gasteiger partial charge in [0, 0.05) is 6.07 Å². The number of nitrogens with two attached hydrogens (primary N) is 1. The summed E-state index contributed by atoms with van der Waals surface area (Å²) in [5.74, 6) is 1.82. The van der Waals surface area contributed by atoms with E-state index in [9.17, 15) is 4.79 Å². The van der Waals surface area contributed by atoms with Gasteiger partial charge in [0.15, 0.2) is 5.82 Å². The normalized spacial score (nSPS) is 11.0. The molecule has 0 fully saturated rings. The van der Waals surface area contributed by atoms with Crippen molar-refractivity contribution in [3.63, 3.8) is 0 Å². The zero-order valence-electron chi connectivity index (χ0n) is 11.9. The standard InChI is InChI=1S/C14H15N5O3/c1-21-10-4-2-9(3-5-10)7-22-8-12-16-14-17-13(20)6-11(15)19(14)18-12/h2-6H,7-8,15H2,1H3,(H,16,17,18,20). The summed E-state index contributed by atoms with van der Waals surface area (Å²) in [6.45, 7) is 0.685. The Morgan fingerprint density at radius 2 is 2.00 bits per heavy atom. The van der Waals surface area contributed by atoms with Gasteiger partial charge in [-0.2, -0.15) is 9.97 Å². The Hall–Kier alpha value is -2.87. The molecule has 2 heterocycles. The Kier molecular flexibility index (Phi) is 3.75. The third-order valence-corrected chi connectivity index (χ3v) is 3.08. The van der Waals surface area contributed by atoms with Gasteiger partial charge < -0.3 is 15.2 Å². The maximum absolute atomic E-state index is 11.3. The number of anilines is 1. The summed E-state index contributed by atoms with van der Waals surface area (Å²) in [5, 5.41) is 2.93. The summed E-state index contributed by atoms with van der Waals surface area (Å²) in [5.41, 5.74) is 6.31. The molecule has 0 aliphatic rings. The first-order valence-corrected chi connectivity index (χ1v) is 6.60. The summed E-state index contributed by atoms with van der Waals surface area (Å²) < 4.78 is 12.1. The largest absolute Gasteiger partial charge is 0.497 e. The number of rotatable bonds is 5. The number of fused-ring (bicyclic) bond motifs is 1. The number of nitrogen functional groups attached to an aromatic ring is 1. The first kappa shape index (κ1) is 14.1. The quantitative estimate of drug-likeness (QED) is 0.719. The van der Waals surface area contributed by atoms with Gasteiger partial charge in [-0.1, -0.05) is 12.1 Å². The Morgan fingerprint density at radius 3 is 2.73 bits per heavy atom. The number of hydrogen-bond acceptors (Lipinski definition) is 6. The number of aromatic nitrogens is 4. The maximum atomic E-state index is 11.3. The van der Waals surface area contributed by atoms with Crippen molar-refractivity contribution in [3.05, 3.63) is 52.1 Å². The van der Waals surface area contributed by atoms with Crippen LogP contribution in [0.5, 0.6) is 5.75 Å². The number of nitrogens with one attached hydrogen (secondary N) is 1. The molecule has 0 atom stereocenters. The predicted molar refractivity (Wildman–Crippen MR) is 79.5 cm³/mol. The van der Waals surface area contributed by atoms with Crippen LogP contribution in [0.2, 0.25) is 0 Å². The molecule has 3 N–H and O–H groups in total. The fraction of sp³-hybridized carbons (Fsp3) is 0.214. The molecular formula is C14H15N5O3. The van der Waals surface area contributed by atoms with Gasteiger partial charge in [-0.05, 0) is 17.7 Å². The highest BCUT2D eigenvalue weighted by Crippen LogP contribution is 2.12. The lowest BCUT2D eigenvalue weighted by atomic mass is 10.2. The van der Waals surface area contributed by atoms with Gasteiger partial charge in [0.1, 0.15) is 18.2 Å². The van der Waals surface area contributed by atoms with E-state index in [1.165, 1.54) is 10.6 Å². The zero-order chi connectivity index (χ0) is 15.5. The van der Waals surface area contributed by atoms with Gasteiger partial charge >= 0.3 is 0 Å². The number of H-pyrrole nitrogens is 1. The van der Waals surface area contributed by atoms with Crippen molar-refractivity contribution in [2.75, 3.05) is 12.8 Å². The van der Waals surface area contributed by atoms with Crippen LogP contribution in [0.15, 0.2) is 35.1 Å². The minimum absolute atomic E-state index is 0.230. The smallest absolute Gasteiger partial charge is 0.276 e. The minimum Gasteiger partial charge on any atom is -0.497 e. The van der Waals surface area contributed by atoms with Crippen LogP contribution < -0.4 is 16.0 Å². The highest BCUT2D eigenvalue weighted by atomic mass is 16.5. The number of methoxy groups -OCH3 is 1. The second kappa shape index (κ2) is 5.86. The average Bonchev–Trinajstić information content (AvgIpc) is 2.91. The lowest BCUT2D eigenvalue weighted by Gasteiger charge is -2.04. The number of ether oxygens (including phenoxy) is 2. The number of benzene rings is 1. The van der Waals surface area contributed by atoms with Crippen molar-refractivity contribution >= 4 is 11.6 Å². The molecule has 3 rings (SSSR count). The maximum Gasteiger partial charge on any atom is 0.276 e. The van der Waals surface area contributed by atoms with Gasteiger partial charge in [-0.15, -0.1) is 0 Å². The summed E-state index contributed by atoms with van der Waals surface area (Å²) in [6, 6.07) is 8.82. The van der Waals surface area contributed by atoms with Gasteiger partial charge in [-0.25, -0.2) is 4.52 Å². The van der Waals surface area contributed by atoms with E-state index in [1.54, 1.807) is 7.11 Å². The first-order chi connectivity index (χ1) is 10.7. The highest BCUT2D eigenvalue weighted by Gasteiger charge is 2.07. The molecule has 0 bridgehead atoms. The molecule has 0 amide bonds. The summed E-state index contributed by atoms with van der Waals surface area (Å²) in [7, 11) is 1.62. The van der Waals surface area contributed by atoms with Crippen molar-refractivity contribution in [2.24, 2.45) is 0 Å². The van der Waals surface area contributed by atoms with Crippen LogP contribution >= 0.6 is 0 Å². The molecule has 8 heteroatoms. The van der Waals surface area contributed by atoms with Gasteiger partial charge in [0.05, 0.1) is 13.7 Å². The van der Waals surface area contributed by atoms with E-state index in [-0.39, 0.29) is 18.2 Å². The molecule has 0 unspecified atom stereocenters. The van der Waals surface area contributed by atoms with Crippen molar-refractivity contribution in [1.29, 1.82) is 0 Å². The van der Waals surface area contributed by atoms with E-state index >= 15 is 0 Å². The predicted octanol–water partition coefficient (Wildman–Crippen LogP) is 0.725. The third kappa shape index (κ3) is 2.91. The van der Waals surface area contributed by atoms with Crippen LogP contribution in [0.25, 0.3) is 5.78 Å². The fourth-order valence-corrected chi connectivity index (χ4v) is 2.00. The Labute approximate surface area is 125 Å². The van der Waals surface area contributed by atoms with E-state index in [2.05, 4.69) is 15.1 Å². The molecule has 22 heavy (non-hydrogen) atoms. The molecule has 0 saturated carbocycles. The molecule has 3 aromatic rings. The van der Waals surface area contributed by atoms with E-state index in [4.69, 9.17) is 15.2 Å². The van der Waals surface area contributed by atoms with Crippen LogP contribution in [0.3, 0.4) is 0 Å². The third-order valence-electron chi connectivity index (χ3n) is 3.08. The van der Waals surface area contributed by atoms with Crippen LogP contribution in [0.4, 0.5) is 5.82 Å². The lowest BCUT2D eigenvalue weighted by molar-refractivity contribution is 0.102. The SMILES string of the molecule is COc1ccc(COCc2nc3nc(=O)cc(N)n3[nH]2)cc1. The summed E-state index contributed by atoms with van der Waals surface area (Å²) in [6.07, 6.45) is 0. The first-order valence-electron chi connectivity index (χ1n) is 6.60. The molecule has 2 aromatic heterocycles. The monoisotopic (exact) mass is 301 g/mol. The average molecular weight is 301 g/mol.